The van der Waals surface area contributed by atoms with Crippen LogP contribution < -0.4 is 5.32 Å². The van der Waals surface area contributed by atoms with E-state index in [4.69, 9.17) is 4.42 Å². The molecule has 6 heteroatoms. The molecule has 2 amide bonds. The molecular weight excluding hydrogens is 288 g/mol. The topological polar surface area (TPSA) is 62.6 Å². The molecule has 3 unspecified atom stereocenters. The molecule has 0 spiro atoms. The minimum atomic E-state index is -0.367. The predicted octanol–water partition coefficient (Wildman–Crippen LogP) is 2.22. The van der Waals surface area contributed by atoms with Gasteiger partial charge in [0.05, 0.1) is 10.9 Å². The first kappa shape index (κ1) is 14.5. The van der Waals surface area contributed by atoms with Crippen LogP contribution in [0.25, 0.3) is 0 Å². The van der Waals surface area contributed by atoms with Gasteiger partial charge in [0.1, 0.15) is 17.6 Å². The van der Waals surface area contributed by atoms with Gasteiger partial charge >= 0.3 is 0 Å². The summed E-state index contributed by atoms with van der Waals surface area (Å²) in [5.41, 5.74) is 0. The largest absolute Gasteiger partial charge is 0.464 e. The van der Waals surface area contributed by atoms with Crippen molar-refractivity contribution in [2.75, 3.05) is 5.75 Å². The van der Waals surface area contributed by atoms with Crippen LogP contribution >= 0.6 is 11.8 Å². The number of rotatable bonds is 3. The van der Waals surface area contributed by atoms with Crippen molar-refractivity contribution in [3.63, 3.8) is 0 Å². The van der Waals surface area contributed by atoms with Crippen LogP contribution in [0.5, 0.6) is 0 Å². The zero-order chi connectivity index (χ0) is 15.2. The first-order valence-electron chi connectivity index (χ1n) is 7.23. The fourth-order valence-corrected chi connectivity index (χ4v) is 4.51. The molecule has 2 aliphatic rings. The van der Waals surface area contributed by atoms with Crippen molar-refractivity contribution >= 4 is 23.6 Å². The summed E-state index contributed by atoms with van der Waals surface area (Å²) >= 11 is 1.70. The van der Waals surface area contributed by atoms with Gasteiger partial charge in [0.2, 0.25) is 11.8 Å². The molecule has 3 rings (SSSR count). The van der Waals surface area contributed by atoms with E-state index < -0.39 is 0 Å². The predicted molar refractivity (Wildman–Crippen MR) is 80.7 cm³/mol. The Balaban J connectivity index is 1.70. The molecule has 0 aliphatic carbocycles. The van der Waals surface area contributed by atoms with E-state index in [1.807, 2.05) is 26.0 Å². The van der Waals surface area contributed by atoms with Gasteiger partial charge in [-0.2, -0.15) is 0 Å². The Morgan fingerprint density at radius 1 is 1.57 bits per heavy atom. The summed E-state index contributed by atoms with van der Waals surface area (Å²) in [5, 5.41) is 2.96. The van der Waals surface area contributed by atoms with E-state index in [9.17, 15) is 9.59 Å². The van der Waals surface area contributed by atoms with Crippen molar-refractivity contribution in [1.29, 1.82) is 0 Å². The van der Waals surface area contributed by atoms with Gasteiger partial charge < -0.3 is 14.6 Å². The highest BCUT2D eigenvalue weighted by atomic mass is 32.2. The Kier molecular flexibility index (Phi) is 3.51. The Morgan fingerprint density at radius 2 is 2.33 bits per heavy atom. The molecule has 1 aromatic heterocycles. The molecule has 21 heavy (non-hydrogen) atoms. The second-order valence-electron chi connectivity index (χ2n) is 5.94. The zero-order valence-corrected chi connectivity index (χ0v) is 13.3. The van der Waals surface area contributed by atoms with E-state index in [1.165, 1.54) is 0 Å². The summed E-state index contributed by atoms with van der Waals surface area (Å²) in [6, 6.07) is 3.19. The van der Waals surface area contributed by atoms with Crippen LogP contribution in [0.3, 0.4) is 0 Å². The van der Waals surface area contributed by atoms with Gasteiger partial charge in [0.25, 0.3) is 0 Å². The summed E-state index contributed by atoms with van der Waals surface area (Å²) < 4.78 is 5.54. The molecule has 0 bridgehead atoms. The Morgan fingerprint density at radius 3 is 3.00 bits per heavy atom. The second-order valence-corrected chi connectivity index (χ2v) is 7.45. The number of amides is 2. The quantitative estimate of drug-likeness (QED) is 0.930. The van der Waals surface area contributed by atoms with E-state index in [1.54, 1.807) is 16.7 Å². The summed E-state index contributed by atoms with van der Waals surface area (Å²) in [5.74, 6) is 2.22. The smallest absolute Gasteiger partial charge is 0.244 e. The van der Waals surface area contributed by atoms with Gasteiger partial charge in [-0.25, -0.2) is 0 Å². The van der Waals surface area contributed by atoms with Crippen LogP contribution in [0, 0.1) is 6.92 Å². The molecule has 5 nitrogen and oxygen atoms in total. The van der Waals surface area contributed by atoms with Crippen molar-refractivity contribution in [3.8, 4) is 0 Å². The van der Waals surface area contributed by atoms with E-state index in [0.717, 1.165) is 17.9 Å². The number of hydrogen-bond acceptors (Lipinski definition) is 4. The highest BCUT2D eigenvalue weighted by Crippen LogP contribution is 2.47. The van der Waals surface area contributed by atoms with Gasteiger partial charge in [-0.05, 0) is 39.3 Å². The minimum Gasteiger partial charge on any atom is -0.464 e. The number of nitrogens with zero attached hydrogens (tertiary/aromatic N) is 1. The molecule has 114 valence electrons. The summed E-state index contributed by atoms with van der Waals surface area (Å²) in [4.78, 5) is 26.1. The Labute approximate surface area is 128 Å². The maximum atomic E-state index is 12.5. The third-order valence-electron chi connectivity index (χ3n) is 4.29. The number of thioether (sulfide) groups is 1. The van der Waals surface area contributed by atoms with E-state index in [0.29, 0.717) is 12.2 Å². The molecule has 3 atom stereocenters. The monoisotopic (exact) mass is 308 g/mol. The molecule has 2 aliphatic heterocycles. The van der Waals surface area contributed by atoms with Crippen molar-refractivity contribution in [1.82, 2.24) is 10.2 Å². The first-order chi connectivity index (χ1) is 9.90. The molecule has 3 heterocycles. The van der Waals surface area contributed by atoms with E-state index in [-0.39, 0.29) is 28.8 Å². The third kappa shape index (κ3) is 2.46. The molecule has 2 saturated heterocycles. The minimum absolute atomic E-state index is 0.0872. The molecule has 0 saturated carbocycles. The number of carbonyl (C=O) groups is 2. The third-order valence-corrected chi connectivity index (χ3v) is 5.80. The van der Waals surface area contributed by atoms with Gasteiger partial charge in [0.15, 0.2) is 0 Å². The summed E-state index contributed by atoms with van der Waals surface area (Å²) in [6.45, 7) is 5.82. The number of carbonyl (C=O) groups excluding carboxylic acids is 2. The Hall–Kier alpha value is -1.43. The fraction of sp³-hybridized carbons (Fsp3) is 0.600. The highest BCUT2D eigenvalue weighted by molar-refractivity contribution is 8.01. The van der Waals surface area contributed by atoms with Crippen LogP contribution in [0.4, 0.5) is 0 Å². The van der Waals surface area contributed by atoms with Gasteiger partial charge in [0, 0.05) is 12.2 Å². The molecule has 2 fully saturated rings. The lowest BCUT2D eigenvalue weighted by Crippen LogP contribution is -2.50. The van der Waals surface area contributed by atoms with Crippen molar-refractivity contribution in [3.05, 3.63) is 23.7 Å². The van der Waals surface area contributed by atoms with E-state index >= 15 is 0 Å². The lowest BCUT2D eigenvalue weighted by atomic mass is 10.2. The number of furan rings is 1. The number of aryl methyl sites for hydroxylation is 1. The molecular formula is C15H20N2O3S. The van der Waals surface area contributed by atoms with Gasteiger partial charge in [-0.1, -0.05) is 0 Å². The lowest BCUT2D eigenvalue weighted by molar-refractivity contribution is -0.138. The second kappa shape index (κ2) is 5.09. The summed E-state index contributed by atoms with van der Waals surface area (Å²) in [6.07, 6.45) is 1.37. The number of hydrogen-bond donors (Lipinski definition) is 1. The van der Waals surface area contributed by atoms with Crippen LogP contribution in [-0.4, -0.2) is 33.4 Å². The molecule has 0 radical (unpaired) electrons. The van der Waals surface area contributed by atoms with Crippen LogP contribution in [0.1, 0.15) is 44.3 Å². The molecule has 1 N–H and O–H groups in total. The van der Waals surface area contributed by atoms with Crippen molar-refractivity contribution < 1.29 is 14.0 Å². The average molecular weight is 308 g/mol. The molecule has 1 aromatic rings. The summed E-state index contributed by atoms with van der Waals surface area (Å²) in [7, 11) is 0. The fourth-order valence-electron chi connectivity index (χ4n) is 3.08. The highest BCUT2D eigenvalue weighted by Gasteiger charge is 2.52. The normalized spacial score (nSPS) is 29.6. The Bertz CT molecular complexity index is 585. The first-order valence-corrected chi connectivity index (χ1v) is 8.22. The SMILES string of the molecule is Cc1ccc(C(C)NC(=O)C2CSC3(C)CCC(=O)N23)o1. The maximum Gasteiger partial charge on any atom is 0.244 e. The lowest BCUT2D eigenvalue weighted by Gasteiger charge is -2.30. The average Bonchev–Trinajstić information content (AvgIpc) is 3.07. The standard InChI is InChI=1S/C15H20N2O3S/c1-9-4-5-12(20-9)10(2)16-14(19)11-8-21-15(3)7-6-13(18)17(11)15/h4-5,10-11H,6-8H2,1-3H3,(H,16,19). The van der Waals surface area contributed by atoms with Gasteiger partial charge in [-0.3, -0.25) is 9.59 Å². The van der Waals surface area contributed by atoms with Gasteiger partial charge in [-0.15, -0.1) is 11.8 Å². The van der Waals surface area contributed by atoms with Crippen LogP contribution in [-0.2, 0) is 9.59 Å². The number of nitrogens with one attached hydrogen (secondary N) is 1. The van der Waals surface area contributed by atoms with Crippen LogP contribution in [0.2, 0.25) is 0 Å². The van der Waals surface area contributed by atoms with E-state index in [2.05, 4.69) is 12.2 Å². The zero-order valence-electron chi connectivity index (χ0n) is 12.5. The maximum absolute atomic E-state index is 12.5. The number of fused-ring (bicyclic) bond motifs is 1. The van der Waals surface area contributed by atoms with Crippen molar-refractivity contribution in [2.45, 2.75) is 50.6 Å². The van der Waals surface area contributed by atoms with Crippen LogP contribution in [0.15, 0.2) is 16.5 Å². The van der Waals surface area contributed by atoms with Crippen molar-refractivity contribution in [2.24, 2.45) is 0 Å². The molecule has 0 aromatic carbocycles.